The highest BCUT2D eigenvalue weighted by Crippen LogP contribution is 2.37. The van der Waals surface area contributed by atoms with E-state index >= 15 is 0 Å². The van der Waals surface area contributed by atoms with Gasteiger partial charge >= 0.3 is 0 Å². The van der Waals surface area contributed by atoms with E-state index in [0.29, 0.717) is 5.41 Å². The van der Waals surface area contributed by atoms with Gasteiger partial charge in [-0.05, 0) is 55.5 Å². The summed E-state index contributed by atoms with van der Waals surface area (Å²) in [6.45, 7) is 8.29. The lowest BCUT2D eigenvalue weighted by Gasteiger charge is -2.37. The normalized spacial score (nSPS) is 24.4. The Morgan fingerprint density at radius 1 is 1.00 bits per heavy atom. The third kappa shape index (κ3) is 4.65. The lowest BCUT2D eigenvalue weighted by atomic mass is 9.71. The molecule has 1 heteroatoms. The van der Waals surface area contributed by atoms with Crippen LogP contribution in [0, 0.1) is 11.3 Å². The molecule has 1 aliphatic carbocycles. The molecule has 0 bridgehead atoms. The summed E-state index contributed by atoms with van der Waals surface area (Å²) in [4.78, 5) is 0. The molecule has 0 aliphatic heterocycles. The van der Waals surface area contributed by atoms with Gasteiger partial charge in [-0.1, -0.05) is 51.1 Å². The summed E-state index contributed by atoms with van der Waals surface area (Å²) < 4.78 is 0. The number of rotatable bonds is 4. The molecule has 0 aromatic heterocycles. The summed E-state index contributed by atoms with van der Waals surface area (Å²) in [6.07, 6.45) is 6.66. The van der Waals surface area contributed by atoms with Crippen LogP contribution in [0.25, 0.3) is 0 Å². The van der Waals surface area contributed by atoms with Crippen molar-refractivity contribution in [1.82, 2.24) is 5.32 Å². The molecule has 19 heavy (non-hydrogen) atoms. The fourth-order valence-corrected chi connectivity index (χ4v) is 3.23. The second-order valence-electron chi connectivity index (χ2n) is 7.10. The van der Waals surface area contributed by atoms with Gasteiger partial charge in [0.1, 0.15) is 0 Å². The van der Waals surface area contributed by atoms with Crippen molar-refractivity contribution in [1.29, 1.82) is 0 Å². The van der Waals surface area contributed by atoms with Gasteiger partial charge in [-0.15, -0.1) is 0 Å². The minimum absolute atomic E-state index is 0.495. The summed E-state index contributed by atoms with van der Waals surface area (Å²) in [6, 6.07) is 11.5. The molecule has 0 saturated heterocycles. The fraction of sp³-hybridized carbons (Fsp3) is 0.667. The molecule has 0 spiro atoms. The van der Waals surface area contributed by atoms with E-state index in [2.05, 4.69) is 56.4 Å². The SMILES string of the molecule is CC(C)(C)C1CCC(NCCc2ccccc2)CC1. The molecule has 106 valence electrons. The summed E-state index contributed by atoms with van der Waals surface area (Å²) in [5, 5.41) is 3.74. The van der Waals surface area contributed by atoms with Crippen LogP contribution >= 0.6 is 0 Å². The Bertz CT molecular complexity index is 355. The van der Waals surface area contributed by atoms with Crippen molar-refractivity contribution in [3.8, 4) is 0 Å². The van der Waals surface area contributed by atoms with E-state index < -0.39 is 0 Å². The Morgan fingerprint density at radius 2 is 1.63 bits per heavy atom. The van der Waals surface area contributed by atoms with Crippen molar-refractivity contribution in [2.24, 2.45) is 11.3 Å². The van der Waals surface area contributed by atoms with Crippen LogP contribution in [0.4, 0.5) is 0 Å². The van der Waals surface area contributed by atoms with E-state index in [-0.39, 0.29) is 0 Å². The maximum atomic E-state index is 3.74. The zero-order valence-corrected chi connectivity index (χ0v) is 12.8. The Balaban J connectivity index is 1.66. The average molecular weight is 259 g/mol. The number of hydrogen-bond donors (Lipinski definition) is 1. The Hall–Kier alpha value is -0.820. The molecule has 0 unspecified atom stereocenters. The smallest absolute Gasteiger partial charge is 0.00674 e. The summed E-state index contributed by atoms with van der Waals surface area (Å²) in [7, 11) is 0. The molecule has 0 atom stereocenters. The van der Waals surface area contributed by atoms with Gasteiger partial charge in [0.2, 0.25) is 0 Å². The van der Waals surface area contributed by atoms with E-state index in [1.54, 1.807) is 0 Å². The molecular weight excluding hydrogens is 230 g/mol. The molecule has 1 aliphatic rings. The Morgan fingerprint density at radius 3 is 2.21 bits per heavy atom. The lowest BCUT2D eigenvalue weighted by molar-refractivity contribution is 0.160. The van der Waals surface area contributed by atoms with Crippen LogP contribution in [0.2, 0.25) is 0 Å². The van der Waals surface area contributed by atoms with Gasteiger partial charge in [0.05, 0.1) is 0 Å². The fourth-order valence-electron chi connectivity index (χ4n) is 3.23. The Kier molecular flexibility index (Phi) is 5.04. The first-order chi connectivity index (χ1) is 9.05. The molecular formula is C18H29N. The minimum atomic E-state index is 0.495. The summed E-state index contributed by atoms with van der Waals surface area (Å²) in [5.74, 6) is 0.916. The van der Waals surface area contributed by atoms with Gasteiger partial charge < -0.3 is 5.32 Å². The standard InChI is InChI=1S/C18H29N/c1-18(2,3)16-9-11-17(12-10-16)19-14-13-15-7-5-4-6-8-15/h4-8,16-17,19H,9-14H2,1-3H3. The topological polar surface area (TPSA) is 12.0 Å². The monoisotopic (exact) mass is 259 g/mol. The largest absolute Gasteiger partial charge is 0.314 e. The van der Waals surface area contributed by atoms with Crippen molar-refractivity contribution < 1.29 is 0 Å². The minimum Gasteiger partial charge on any atom is -0.314 e. The molecule has 1 saturated carbocycles. The highest BCUT2D eigenvalue weighted by atomic mass is 14.9. The molecule has 1 N–H and O–H groups in total. The third-order valence-electron chi connectivity index (χ3n) is 4.64. The van der Waals surface area contributed by atoms with Crippen LogP contribution in [-0.4, -0.2) is 12.6 Å². The quantitative estimate of drug-likeness (QED) is 0.844. The van der Waals surface area contributed by atoms with Crippen LogP contribution in [0.1, 0.15) is 52.0 Å². The van der Waals surface area contributed by atoms with Crippen LogP contribution in [0.5, 0.6) is 0 Å². The highest BCUT2D eigenvalue weighted by molar-refractivity contribution is 5.14. The van der Waals surface area contributed by atoms with Crippen molar-refractivity contribution in [3.63, 3.8) is 0 Å². The van der Waals surface area contributed by atoms with Crippen LogP contribution < -0.4 is 5.32 Å². The maximum absolute atomic E-state index is 3.74. The zero-order valence-electron chi connectivity index (χ0n) is 12.8. The van der Waals surface area contributed by atoms with Crippen molar-refractivity contribution in [2.45, 2.75) is 58.9 Å². The van der Waals surface area contributed by atoms with Crippen molar-refractivity contribution in [2.75, 3.05) is 6.54 Å². The molecule has 2 rings (SSSR count). The molecule has 0 radical (unpaired) electrons. The van der Waals surface area contributed by atoms with E-state index in [9.17, 15) is 0 Å². The highest BCUT2D eigenvalue weighted by Gasteiger charge is 2.29. The van der Waals surface area contributed by atoms with E-state index in [1.165, 1.54) is 31.2 Å². The van der Waals surface area contributed by atoms with E-state index in [0.717, 1.165) is 24.9 Å². The maximum Gasteiger partial charge on any atom is 0.00674 e. The second-order valence-corrected chi connectivity index (χ2v) is 7.10. The van der Waals surface area contributed by atoms with Gasteiger partial charge in [0, 0.05) is 6.04 Å². The van der Waals surface area contributed by atoms with Crippen LogP contribution in [-0.2, 0) is 6.42 Å². The molecule has 1 aromatic carbocycles. The molecule has 1 aromatic rings. The van der Waals surface area contributed by atoms with Gasteiger partial charge in [-0.3, -0.25) is 0 Å². The zero-order chi connectivity index (χ0) is 13.7. The summed E-state index contributed by atoms with van der Waals surface area (Å²) >= 11 is 0. The predicted octanol–water partition coefficient (Wildman–Crippen LogP) is 4.42. The molecule has 0 heterocycles. The average Bonchev–Trinajstić information content (AvgIpc) is 2.39. The third-order valence-corrected chi connectivity index (χ3v) is 4.64. The van der Waals surface area contributed by atoms with Crippen molar-refractivity contribution >= 4 is 0 Å². The number of hydrogen-bond acceptors (Lipinski definition) is 1. The first kappa shape index (κ1) is 14.6. The van der Waals surface area contributed by atoms with Gasteiger partial charge in [0.25, 0.3) is 0 Å². The van der Waals surface area contributed by atoms with E-state index in [4.69, 9.17) is 0 Å². The first-order valence-corrected chi connectivity index (χ1v) is 7.83. The molecule has 1 fully saturated rings. The van der Waals surface area contributed by atoms with E-state index in [1.807, 2.05) is 0 Å². The van der Waals surface area contributed by atoms with Crippen LogP contribution in [0.15, 0.2) is 30.3 Å². The predicted molar refractivity (Wildman–Crippen MR) is 83.3 cm³/mol. The first-order valence-electron chi connectivity index (χ1n) is 7.83. The van der Waals surface area contributed by atoms with Crippen LogP contribution in [0.3, 0.4) is 0 Å². The summed E-state index contributed by atoms with van der Waals surface area (Å²) in [5.41, 5.74) is 1.94. The molecule has 1 nitrogen and oxygen atoms in total. The van der Waals surface area contributed by atoms with Gasteiger partial charge in [-0.25, -0.2) is 0 Å². The number of benzene rings is 1. The lowest BCUT2D eigenvalue weighted by Crippen LogP contribution is -2.37. The molecule has 0 amide bonds. The van der Waals surface area contributed by atoms with Gasteiger partial charge in [0.15, 0.2) is 0 Å². The van der Waals surface area contributed by atoms with Gasteiger partial charge in [-0.2, -0.15) is 0 Å². The number of nitrogens with one attached hydrogen (secondary N) is 1. The Labute approximate surface area is 118 Å². The van der Waals surface area contributed by atoms with Crippen molar-refractivity contribution in [3.05, 3.63) is 35.9 Å². The second kappa shape index (κ2) is 6.56.